The van der Waals surface area contributed by atoms with Gasteiger partial charge in [0.15, 0.2) is 0 Å². The van der Waals surface area contributed by atoms with E-state index in [1.165, 1.54) is 16.7 Å². The van der Waals surface area contributed by atoms with Gasteiger partial charge in [-0.05, 0) is 47.9 Å². The molecule has 0 amide bonds. The molecule has 38 heavy (non-hydrogen) atoms. The Balaban J connectivity index is 1.29. The third-order valence-corrected chi connectivity index (χ3v) is 7.53. The number of benzene rings is 4. The fourth-order valence-corrected chi connectivity index (χ4v) is 5.63. The summed E-state index contributed by atoms with van der Waals surface area (Å²) in [6, 6.07) is 38.4. The van der Waals surface area contributed by atoms with Crippen LogP contribution in [0.2, 0.25) is 0 Å². The van der Waals surface area contributed by atoms with Gasteiger partial charge < -0.3 is 9.88 Å². The Morgan fingerprint density at radius 1 is 0.789 bits per heavy atom. The number of anilines is 2. The van der Waals surface area contributed by atoms with E-state index in [-0.39, 0.29) is 11.5 Å². The van der Waals surface area contributed by atoms with Crippen LogP contribution in [0.15, 0.2) is 114 Å². The molecular weight excluding hydrogens is 466 g/mol. The van der Waals surface area contributed by atoms with E-state index in [0.717, 1.165) is 34.9 Å². The summed E-state index contributed by atoms with van der Waals surface area (Å²) in [5, 5.41) is 11.0. The summed E-state index contributed by atoms with van der Waals surface area (Å²) in [5.74, 6) is 0.903. The third-order valence-electron chi connectivity index (χ3n) is 7.53. The van der Waals surface area contributed by atoms with Crippen molar-refractivity contribution in [2.24, 2.45) is 10.5 Å². The van der Waals surface area contributed by atoms with Crippen molar-refractivity contribution in [1.82, 2.24) is 9.55 Å². The van der Waals surface area contributed by atoms with Crippen LogP contribution in [0.4, 0.5) is 11.6 Å². The highest BCUT2D eigenvalue weighted by Crippen LogP contribution is 2.48. The summed E-state index contributed by atoms with van der Waals surface area (Å²) in [6.07, 6.45) is 0. The van der Waals surface area contributed by atoms with Crippen molar-refractivity contribution in [3.63, 3.8) is 0 Å². The van der Waals surface area contributed by atoms with Crippen LogP contribution in [0, 0.1) is 5.41 Å². The Hall–Kier alpha value is -4.38. The zero-order valence-electron chi connectivity index (χ0n) is 22.2. The number of nitrogens with zero attached hydrogens (tertiary/aromatic N) is 4. The lowest BCUT2D eigenvalue weighted by molar-refractivity contribution is 0.425. The zero-order chi connectivity index (χ0) is 26.1. The molecule has 1 aromatic heterocycles. The van der Waals surface area contributed by atoms with Crippen LogP contribution in [0.5, 0.6) is 0 Å². The van der Waals surface area contributed by atoms with Crippen LogP contribution in [0.3, 0.4) is 0 Å². The average molecular weight is 500 g/mol. The van der Waals surface area contributed by atoms with Gasteiger partial charge in [-0.25, -0.2) is 4.98 Å². The molecule has 0 spiro atoms. The number of para-hydroxylation sites is 2. The molecule has 0 saturated carbocycles. The molecule has 1 N–H and O–H groups in total. The lowest BCUT2D eigenvalue weighted by Gasteiger charge is -2.33. The van der Waals surface area contributed by atoms with E-state index in [2.05, 4.69) is 139 Å². The van der Waals surface area contributed by atoms with Crippen molar-refractivity contribution in [1.29, 1.82) is 0 Å². The number of nitrogens with one attached hydrogen (secondary N) is 1. The highest BCUT2D eigenvalue weighted by atomic mass is 15.5. The number of imidazole rings is 1. The average Bonchev–Trinajstić information content (AvgIpc) is 3.46. The second kappa shape index (κ2) is 9.82. The van der Waals surface area contributed by atoms with Gasteiger partial charge in [-0.3, -0.25) is 5.01 Å². The molecule has 190 valence electrons. The molecule has 0 bridgehead atoms. The zero-order valence-corrected chi connectivity index (χ0v) is 22.2. The van der Waals surface area contributed by atoms with Gasteiger partial charge in [-0.15, -0.1) is 0 Å². The maximum Gasteiger partial charge on any atom is 0.204 e. The monoisotopic (exact) mass is 499 g/mol. The second-order valence-electron chi connectivity index (χ2n) is 10.4. The van der Waals surface area contributed by atoms with E-state index >= 15 is 0 Å². The molecule has 0 fully saturated rings. The molecule has 4 aromatic carbocycles. The van der Waals surface area contributed by atoms with Gasteiger partial charge in [0.2, 0.25) is 5.95 Å². The Morgan fingerprint density at radius 3 is 2.16 bits per heavy atom. The van der Waals surface area contributed by atoms with Crippen molar-refractivity contribution in [3.05, 3.63) is 126 Å². The standard InChI is InChI=1S/C33H33N5/c1-4-37-29-18-12-11-17-28(29)35-32(37)34-23-24-19-21-27(22-20-24)38-31(26-15-9-6-10-16-26)33(2,3)30(36-38)25-13-7-5-8-14-25/h5-22,31H,4,23H2,1-3H3,(H,34,35). The maximum absolute atomic E-state index is 5.23. The smallest absolute Gasteiger partial charge is 0.204 e. The lowest BCUT2D eigenvalue weighted by Crippen LogP contribution is -2.32. The van der Waals surface area contributed by atoms with Gasteiger partial charge >= 0.3 is 0 Å². The molecule has 2 heterocycles. The molecule has 1 aliphatic rings. The van der Waals surface area contributed by atoms with Crippen LogP contribution < -0.4 is 10.3 Å². The predicted octanol–water partition coefficient (Wildman–Crippen LogP) is 7.66. The molecule has 5 nitrogen and oxygen atoms in total. The van der Waals surface area contributed by atoms with Crippen LogP contribution >= 0.6 is 0 Å². The van der Waals surface area contributed by atoms with Crippen molar-refractivity contribution < 1.29 is 0 Å². The van der Waals surface area contributed by atoms with Crippen molar-refractivity contribution in [3.8, 4) is 0 Å². The van der Waals surface area contributed by atoms with Crippen LogP contribution in [-0.4, -0.2) is 15.3 Å². The van der Waals surface area contributed by atoms with Crippen LogP contribution in [-0.2, 0) is 13.1 Å². The van der Waals surface area contributed by atoms with Crippen molar-refractivity contribution in [2.75, 3.05) is 10.3 Å². The molecular formula is C33H33N5. The Kier molecular flexibility index (Phi) is 6.20. The molecule has 5 heteroatoms. The molecule has 0 radical (unpaired) electrons. The van der Waals surface area contributed by atoms with Crippen LogP contribution in [0.25, 0.3) is 11.0 Å². The SMILES string of the molecule is CCn1c(NCc2ccc(N3N=C(c4ccccc4)C(C)(C)C3c3ccccc3)cc2)nc2ccccc21. The summed E-state index contributed by atoms with van der Waals surface area (Å²) < 4.78 is 2.22. The first-order valence-corrected chi connectivity index (χ1v) is 13.3. The van der Waals surface area contributed by atoms with Gasteiger partial charge in [0.1, 0.15) is 0 Å². The number of hydrazone groups is 1. The van der Waals surface area contributed by atoms with Crippen molar-refractivity contribution >= 4 is 28.4 Å². The van der Waals surface area contributed by atoms with E-state index in [4.69, 9.17) is 10.1 Å². The number of aromatic nitrogens is 2. The topological polar surface area (TPSA) is 45.5 Å². The summed E-state index contributed by atoms with van der Waals surface area (Å²) >= 11 is 0. The Morgan fingerprint density at radius 2 is 1.45 bits per heavy atom. The normalized spacial score (nSPS) is 16.6. The first kappa shape index (κ1) is 24.0. The number of fused-ring (bicyclic) bond motifs is 1. The third kappa shape index (κ3) is 4.24. The minimum atomic E-state index is -0.178. The number of aryl methyl sites for hydroxylation is 1. The minimum Gasteiger partial charge on any atom is -0.352 e. The van der Waals surface area contributed by atoms with E-state index < -0.39 is 0 Å². The minimum absolute atomic E-state index is 0.0901. The van der Waals surface area contributed by atoms with Crippen LogP contribution in [0.1, 0.15) is 43.5 Å². The summed E-state index contributed by atoms with van der Waals surface area (Å²) in [4.78, 5) is 4.80. The summed E-state index contributed by atoms with van der Waals surface area (Å²) in [7, 11) is 0. The summed E-state index contributed by atoms with van der Waals surface area (Å²) in [6.45, 7) is 8.33. The number of hydrogen-bond acceptors (Lipinski definition) is 4. The first-order valence-electron chi connectivity index (χ1n) is 13.3. The van der Waals surface area contributed by atoms with Gasteiger partial charge in [-0.2, -0.15) is 5.10 Å². The summed E-state index contributed by atoms with van der Waals surface area (Å²) in [5.41, 5.74) is 7.81. The quantitative estimate of drug-likeness (QED) is 0.250. The largest absolute Gasteiger partial charge is 0.352 e. The van der Waals surface area contributed by atoms with E-state index in [9.17, 15) is 0 Å². The first-order chi connectivity index (χ1) is 18.6. The highest BCUT2D eigenvalue weighted by Gasteiger charge is 2.46. The number of rotatable bonds is 7. The molecule has 5 aromatic rings. The van der Waals surface area contributed by atoms with E-state index in [0.29, 0.717) is 6.54 Å². The molecule has 0 saturated heterocycles. The molecule has 6 rings (SSSR count). The van der Waals surface area contributed by atoms with E-state index in [1.54, 1.807) is 0 Å². The van der Waals surface area contributed by atoms with Crippen molar-refractivity contribution in [2.45, 2.75) is 39.9 Å². The van der Waals surface area contributed by atoms with Gasteiger partial charge in [0, 0.05) is 18.5 Å². The highest BCUT2D eigenvalue weighted by molar-refractivity contribution is 6.07. The number of hydrogen-bond donors (Lipinski definition) is 1. The van der Waals surface area contributed by atoms with Gasteiger partial charge in [-0.1, -0.05) is 98.8 Å². The van der Waals surface area contributed by atoms with Gasteiger partial charge in [0.05, 0.1) is 28.5 Å². The Labute approximate surface area is 224 Å². The second-order valence-corrected chi connectivity index (χ2v) is 10.4. The Bertz CT molecular complexity index is 1570. The molecule has 1 unspecified atom stereocenters. The maximum atomic E-state index is 5.23. The van der Waals surface area contributed by atoms with E-state index in [1.807, 2.05) is 6.07 Å². The molecule has 1 atom stereocenters. The lowest BCUT2D eigenvalue weighted by atomic mass is 9.75. The van der Waals surface area contributed by atoms with Gasteiger partial charge in [0.25, 0.3) is 0 Å². The molecule has 1 aliphatic heterocycles. The fraction of sp³-hybridized carbons (Fsp3) is 0.212. The molecule has 0 aliphatic carbocycles. The fourth-order valence-electron chi connectivity index (χ4n) is 5.63. The predicted molar refractivity (Wildman–Crippen MR) is 158 cm³/mol.